The molecule has 4 atom stereocenters. The van der Waals surface area contributed by atoms with Crippen LogP contribution in [0.2, 0.25) is 0 Å². The van der Waals surface area contributed by atoms with Gasteiger partial charge < -0.3 is 19.3 Å². The second-order valence-electron chi connectivity index (χ2n) is 8.22. The molecular formula is C20H26N4O5. The number of rotatable bonds is 6. The van der Waals surface area contributed by atoms with Crippen molar-refractivity contribution in [2.75, 3.05) is 50.8 Å². The standard InChI is InChI=1S/C20H26N4O5/c1-13-11-15(22-29-13)24-12-20-4-3-14(28-20)16(17(20)19(24)26)18(25)21-5-2-6-23-7-9-27-10-8-23/h3-4,11,14,16-17H,2,5-10,12H2,1H3,(H,21,25)/t14-,16-,17-,20+/m1/s1. The molecule has 29 heavy (non-hydrogen) atoms. The fraction of sp³-hybridized carbons (Fsp3) is 0.650. The van der Waals surface area contributed by atoms with Crippen LogP contribution in [0.1, 0.15) is 12.2 Å². The molecule has 0 aliphatic carbocycles. The molecule has 9 heteroatoms. The van der Waals surface area contributed by atoms with Crippen molar-refractivity contribution < 1.29 is 23.6 Å². The Morgan fingerprint density at radius 2 is 2.21 bits per heavy atom. The van der Waals surface area contributed by atoms with Crippen molar-refractivity contribution >= 4 is 17.6 Å². The molecule has 0 aromatic carbocycles. The first-order chi connectivity index (χ1) is 14.1. The molecule has 5 rings (SSSR count). The van der Waals surface area contributed by atoms with Gasteiger partial charge in [0.2, 0.25) is 11.8 Å². The predicted octanol–water partition coefficient (Wildman–Crippen LogP) is 0.108. The van der Waals surface area contributed by atoms with Gasteiger partial charge in [-0.25, -0.2) is 0 Å². The number of nitrogens with one attached hydrogen (secondary N) is 1. The number of ether oxygens (including phenoxy) is 2. The third-order valence-corrected chi connectivity index (χ3v) is 6.35. The van der Waals surface area contributed by atoms with Gasteiger partial charge in [0.1, 0.15) is 11.4 Å². The van der Waals surface area contributed by atoms with E-state index in [2.05, 4.69) is 15.4 Å². The van der Waals surface area contributed by atoms with Crippen molar-refractivity contribution in [2.45, 2.75) is 25.0 Å². The van der Waals surface area contributed by atoms with E-state index >= 15 is 0 Å². The molecular weight excluding hydrogens is 376 g/mol. The quantitative estimate of drug-likeness (QED) is 0.533. The van der Waals surface area contributed by atoms with E-state index in [1.54, 1.807) is 17.9 Å². The summed E-state index contributed by atoms with van der Waals surface area (Å²) in [5.74, 6) is -0.153. The van der Waals surface area contributed by atoms with Gasteiger partial charge in [-0.3, -0.25) is 19.4 Å². The van der Waals surface area contributed by atoms with Gasteiger partial charge in [-0.05, 0) is 19.9 Å². The summed E-state index contributed by atoms with van der Waals surface area (Å²) in [5.41, 5.74) is -0.746. The monoisotopic (exact) mass is 402 g/mol. The zero-order valence-electron chi connectivity index (χ0n) is 16.5. The second-order valence-corrected chi connectivity index (χ2v) is 8.22. The Bertz CT molecular complexity index is 833. The van der Waals surface area contributed by atoms with Gasteiger partial charge in [0.15, 0.2) is 5.82 Å². The zero-order chi connectivity index (χ0) is 20.0. The third kappa shape index (κ3) is 3.17. The Hall–Kier alpha value is -2.23. The SMILES string of the molecule is Cc1cc(N2C[C@]34C=C[C@@H](O3)[C@@H](C(=O)NCCCN3CCOCC3)[C@@H]4C2=O)no1. The van der Waals surface area contributed by atoms with E-state index in [4.69, 9.17) is 14.0 Å². The lowest BCUT2D eigenvalue weighted by atomic mass is 9.77. The molecule has 5 heterocycles. The minimum atomic E-state index is -0.746. The maximum atomic E-state index is 13.2. The van der Waals surface area contributed by atoms with Gasteiger partial charge in [-0.2, -0.15) is 0 Å². The molecule has 0 saturated carbocycles. The van der Waals surface area contributed by atoms with Crippen LogP contribution in [0.5, 0.6) is 0 Å². The minimum absolute atomic E-state index is 0.111. The van der Waals surface area contributed by atoms with E-state index in [0.29, 0.717) is 24.7 Å². The average Bonchev–Trinajstić information content (AvgIpc) is 3.47. The van der Waals surface area contributed by atoms with Crippen LogP contribution in [0.25, 0.3) is 0 Å². The Kier molecular flexibility index (Phi) is 4.68. The van der Waals surface area contributed by atoms with Crippen LogP contribution in [0, 0.1) is 18.8 Å². The van der Waals surface area contributed by atoms with Crippen molar-refractivity contribution in [1.82, 2.24) is 15.4 Å². The Balaban J connectivity index is 1.22. The normalized spacial score (nSPS) is 33.5. The van der Waals surface area contributed by atoms with Crippen LogP contribution in [0.4, 0.5) is 5.82 Å². The minimum Gasteiger partial charge on any atom is -0.379 e. The highest BCUT2D eigenvalue weighted by molar-refractivity contribution is 6.02. The van der Waals surface area contributed by atoms with E-state index in [-0.39, 0.29) is 17.9 Å². The number of carbonyl (C=O) groups is 2. The first-order valence-corrected chi connectivity index (χ1v) is 10.3. The van der Waals surface area contributed by atoms with Crippen LogP contribution >= 0.6 is 0 Å². The number of carbonyl (C=O) groups excluding carboxylic acids is 2. The summed E-state index contributed by atoms with van der Waals surface area (Å²) in [5, 5.41) is 6.99. The van der Waals surface area contributed by atoms with E-state index < -0.39 is 17.4 Å². The summed E-state index contributed by atoms with van der Waals surface area (Å²) < 4.78 is 16.6. The van der Waals surface area contributed by atoms with Crippen LogP contribution in [-0.2, 0) is 19.1 Å². The molecule has 3 saturated heterocycles. The van der Waals surface area contributed by atoms with Crippen LogP contribution in [-0.4, -0.2) is 79.5 Å². The summed E-state index contributed by atoms with van der Waals surface area (Å²) in [6.45, 7) is 7.08. The van der Waals surface area contributed by atoms with Crippen molar-refractivity contribution in [2.24, 2.45) is 11.8 Å². The highest BCUT2D eigenvalue weighted by Crippen LogP contribution is 2.52. The van der Waals surface area contributed by atoms with Gasteiger partial charge in [0.05, 0.1) is 37.7 Å². The summed E-state index contributed by atoms with van der Waals surface area (Å²) >= 11 is 0. The smallest absolute Gasteiger partial charge is 0.235 e. The van der Waals surface area contributed by atoms with E-state index in [1.165, 1.54) is 0 Å². The molecule has 2 amide bonds. The fourth-order valence-corrected chi connectivity index (χ4v) is 4.93. The summed E-state index contributed by atoms with van der Waals surface area (Å²) in [4.78, 5) is 30.0. The summed E-state index contributed by atoms with van der Waals surface area (Å²) in [7, 11) is 0. The molecule has 3 fully saturated rings. The number of amides is 2. The number of hydrogen-bond acceptors (Lipinski definition) is 7. The predicted molar refractivity (Wildman–Crippen MR) is 102 cm³/mol. The lowest BCUT2D eigenvalue weighted by Gasteiger charge is -2.27. The van der Waals surface area contributed by atoms with Crippen molar-refractivity contribution in [3.8, 4) is 0 Å². The molecule has 4 aliphatic heterocycles. The largest absolute Gasteiger partial charge is 0.379 e. The lowest BCUT2D eigenvalue weighted by Crippen LogP contribution is -2.45. The van der Waals surface area contributed by atoms with Gasteiger partial charge in [-0.15, -0.1) is 0 Å². The first kappa shape index (κ1) is 18.8. The Morgan fingerprint density at radius 3 is 2.97 bits per heavy atom. The number of aromatic nitrogens is 1. The van der Waals surface area contributed by atoms with Crippen LogP contribution in [0.3, 0.4) is 0 Å². The number of nitrogens with zero attached hydrogens (tertiary/aromatic N) is 3. The Morgan fingerprint density at radius 1 is 1.38 bits per heavy atom. The molecule has 1 N–H and O–H groups in total. The number of anilines is 1. The first-order valence-electron chi connectivity index (χ1n) is 10.3. The van der Waals surface area contributed by atoms with Crippen LogP contribution in [0.15, 0.2) is 22.7 Å². The van der Waals surface area contributed by atoms with Crippen molar-refractivity contribution in [3.63, 3.8) is 0 Å². The van der Waals surface area contributed by atoms with E-state index in [9.17, 15) is 9.59 Å². The topological polar surface area (TPSA) is 97.1 Å². The zero-order valence-corrected chi connectivity index (χ0v) is 16.5. The number of hydrogen-bond donors (Lipinski definition) is 1. The highest BCUT2D eigenvalue weighted by Gasteiger charge is 2.67. The maximum Gasteiger partial charge on any atom is 0.235 e. The Labute approximate surface area is 169 Å². The molecule has 1 aromatic rings. The molecule has 0 unspecified atom stereocenters. The number of morpholine rings is 1. The summed E-state index contributed by atoms with van der Waals surface area (Å²) in [6, 6.07) is 1.73. The number of fused-ring (bicyclic) bond motifs is 1. The molecule has 1 spiro atoms. The summed E-state index contributed by atoms with van der Waals surface area (Å²) in [6.07, 6.45) is 4.38. The second kappa shape index (κ2) is 7.23. The van der Waals surface area contributed by atoms with Gasteiger partial charge in [-0.1, -0.05) is 17.3 Å². The third-order valence-electron chi connectivity index (χ3n) is 6.35. The van der Waals surface area contributed by atoms with Gasteiger partial charge in [0, 0.05) is 25.7 Å². The molecule has 9 nitrogen and oxygen atoms in total. The van der Waals surface area contributed by atoms with Crippen molar-refractivity contribution in [1.29, 1.82) is 0 Å². The molecule has 0 radical (unpaired) electrons. The molecule has 2 bridgehead atoms. The highest BCUT2D eigenvalue weighted by atomic mass is 16.5. The van der Waals surface area contributed by atoms with E-state index in [1.807, 2.05) is 12.2 Å². The molecule has 1 aromatic heterocycles. The maximum absolute atomic E-state index is 13.2. The molecule has 156 valence electrons. The van der Waals surface area contributed by atoms with Crippen LogP contribution < -0.4 is 10.2 Å². The average molecular weight is 402 g/mol. The molecule has 4 aliphatic rings. The lowest BCUT2D eigenvalue weighted by molar-refractivity contribution is -0.131. The van der Waals surface area contributed by atoms with E-state index in [0.717, 1.165) is 39.3 Å². The van der Waals surface area contributed by atoms with Gasteiger partial charge >= 0.3 is 0 Å². The van der Waals surface area contributed by atoms with Gasteiger partial charge in [0.25, 0.3) is 0 Å². The fourth-order valence-electron chi connectivity index (χ4n) is 4.93. The number of aryl methyl sites for hydroxylation is 1. The van der Waals surface area contributed by atoms with Crippen molar-refractivity contribution in [3.05, 3.63) is 24.0 Å².